The zero-order chi connectivity index (χ0) is 19.5. The first-order valence-electron chi connectivity index (χ1n) is 8.85. The molecule has 2 aliphatic rings. The molecule has 28 heavy (non-hydrogen) atoms. The van der Waals surface area contributed by atoms with Crippen molar-refractivity contribution in [3.8, 4) is 11.5 Å². The van der Waals surface area contributed by atoms with Gasteiger partial charge in [-0.25, -0.2) is 4.79 Å². The monoisotopic (exact) mass is 403 g/mol. The number of nitrogens with zero attached hydrogens (tertiary/aromatic N) is 1. The third-order valence-electron chi connectivity index (χ3n) is 4.54. The van der Waals surface area contributed by atoms with Crippen LogP contribution in [0.2, 0.25) is 5.02 Å². The van der Waals surface area contributed by atoms with Gasteiger partial charge in [-0.05, 0) is 12.1 Å². The summed E-state index contributed by atoms with van der Waals surface area (Å²) in [4.78, 5) is 27.5. The Hall–Kier alpha value is -2.77. The number of rotatable bonds is 4. The van der Waals surface area contributed by atoms with Gasteiger partial charge in [0.1, 0.15) is 0 Å². The van der Waals surface area contributed by atoms with Crippen LogP contribution in [0.4, 0.5) is 0 Å². The van der Waals surface area contributed by atoms with Crippen LogP contribution < -0.4 is 9.47 Å². The molecule has 0 N–H and O–H groups in total. The minimum Gasteiger partial charge on any atom is -0.454 e. The highest BCUT2D eigenvalue weighted by Gasteiger charge is 2.31. The summed E-state index contributed by atoms with van der Waals surface area (Å²) in [5, 5.41) is 0.248. The maximum Gasteiger partial charge on any atom is 0.339 e. The number of morpholine rings is 1. The normalized spacial score (nSPS) is 16.5. The van der Waals surface area contributed by atoms with Gasteiger partial charge >= 0.3 is 5.97 Å². The number of halogens is 1. The Morgan fingerprint density at radius 3 is 2.57 bits per heavy atom. The second-order valence-electron chi connectivity index (χ2n) is 6.33. The number of hydrogen-bond donors (Lipinski definition) is 0. The van der Waals surface area contributed by atoms with Gasteiger partial charge in [0.2, 0.25) is 12.9 Å². The fourth-order valence-electron chi connectivity index (χ4n) is 3.10. The first-order valence-corrected chi connectivity index (χ1v) is 9.23. The van der Waals surface area contributed by atoms with E-state index in [1.54, 1.807) is 29.2 Å². The van der Waals surface area contributed by atoms with Gasteiger partial charge in [0.25, 0.3) is 5.91 Å². The van der Waals surface area contributed by atoms with Crippen molar-refractivity contribution in [3.05, 3.63) is 58.6 Å². The van der Waals surface area contributed by atoms with Crippen LogP contribution in [0.15, 0.2) is 42.5 Å². The molecule has 8 heteroatoms. The van der Waals surface area contributed by atoms with Crippen LogP contribution in [0.5, 0.6) is 11.5 Å². The molecular weight excluding hydrogens is 386 g/mol. The lowest BCUT2D eigenvalue weighted by Crippen LogP contribution is -2.44. The molecule has 0 saturated carbocycles. The third kappa shape index (κ3) is 3.76. The number of amides is 1. The highest BCUT2D eigenvalue weighted by atomic mass is 35.5. The van der Waals surface area contributed by atoms with Crippen LogP contribution in [0.25, 0.3) is 0 Å². The number of ether oxygens (including phenoxy) is 4. The van der Waals surface area contributed by atoms with E-state index in [0.29, 0.717) is 43.4 Å². The molecule has 1 fully saturated rings. The fraction of sp³-hybridized carbons (Fsp3) is 0.300. The predicted octanol–water partition coefficient (Wildman–Crippen LogP) is 2.83. The molecule has 2 aliphatic heterocycles. The summed E-state index contributed by atoms with van der Waals surface area (Å²) < 4.78 is 21.5. The van der Waals surface area contributed by atoms with Gasteiger partial charge in [0.05, 0.1) is 23.8 Å². The van der Waals surface area contributed by atoms with E-state index in [0.717, 1.165) is 0 Å². The van der Waals surface area contributed by atoms with Crippen LogP contribution in [0.3, 0.4) is 0 Å². The smallest absolute Gasteiger partial charge is 0.339 e. The highest BCUT2D eigenvalue weighted by molar-refractivity contribution is 6.32. The fourth-order valence-corrected chi connectivity index (χ4v) is 3.36. The summed E-state index contributed by atoms with van der Waals surface area (Å²) in [5.74, 6) is -0.192. The second-order valence-corrected chi connectivity index (χ2v) is 6.73. The summed E-state index contributed by atoms with van der Waals surface area (Å²) in [5.41, 5.74) is 0.782. The first kappa shape index (κ1) is 18.6. The zero-order valence-electron chi connectivity index (χ0n) is 14.9. The molecule has 4 rings (SSSR count). The number of fused-ring (bicyclic) bond motifs is 1. The summed E-state index contributed by atoms with van der Waals surface area (Å²) >= 11 is 6.15. The highest BCUT2D eigenvalue weighted by Crippen LogP contribution is 2.40. The lowest BCUT2D eigenvalue weighted by molar-refractivity contribution is -0.145. The Bertz CT molecular complexity index is 882. The van der Waals surface area contributed by atoms with Crippen LogP contribution in [-0.2, 0) is 14.3 Å². The summed E-state index contributed by atoms with van der Waals surface area (Å²) in [6.07, 6.45) is -1.06. The van der Waals surface area contributed by atoms with Gasteiger partial charge in [-0.1, -0.05) is 41.9 Å². The molecule has 2 aromatic rings. The Morgan fingerprint density at radius 2 is 1.82 bits per heavy atom. The molecule has 1 amide bonds. The molecule has 2 heterocycles. The number of carbonyl (C=O) groups excluding carboxylic acids is 2. The molecule has 0 aliphatic carbocycles. The molecular formula is C20H18ClNO6. The molecule has 1 saturated heterocycles. The zero-order valence-corrected chi connectivity index (χ0v) is 15.7. The summed E-state index contributed by atoms with van der Waals surface area (Å²) in [7, 11) is 0. The van der Waals surface area contributed by atoms with E-state index in [2.05, 4.69) is 0 Å². The van der Waals surface area contributed by atoms with Crippen molar-refractivity contribution >= 4 is 23.5 Å². The Labute approximate surface area is 166 Å². The van der Waals surface area contributed by atoms with E-state index in [9.17, 15) is 9.59 Å². The van der Waals surface area contributed by atoms with Crippen molar-refractivity contribution in [2.75, 3.05) is 33.1 Å². The van der Waals surface area contributed by atoms with Gasteiger partial charge in [0, 0.05) is 18.7 Å². The average Bonchev–Trinajstić information content (AvgIpc) is 3.22. The molecule has 7 nitrogen and oxygen atoms in total. The number of esters is 1. The topological polar surface area (TPSA) is 74.3 Å². The van der Waals surface area contributed by atoms with Crippen LogP contribution in [0.1, 0.15) is 22.0 Å². The Kier molecular flexibility index (Phi) is 5.36. The van der Waals surface area contributed by atoms with E-state index >= 15 is 0 Å². The van der Waals surface area contributed by atoms with Crippen molar-refractivity contribution in [1.29, 1.82) is 0 Å². The summed E-state index contributed by atoms with van der Waals surface area (Å²) in [6, 6.07) is 11.9. The number of benzene rings is 2. The average molecular weight is 404 g/mol. The minimum absolute atomic E-state index is 0.0374. The molecule has 1 atom stereocenters. The third-order valence-corrected chi connectivity index (χ3v) is 4.82. The first-order chi connectivity index (χ1) is 13.6. The van der Waals surface area contributed by atoms with Gasteiger partial charge in [0.15, 0.2) is 11.5 Å². The van der Waals surface area contributed by atoms with Gasteiger partial charge < -0.3 is 23.8 Å². The lowest BCUT2D eigenvalue weighted by Gasteiger charge is -2.30. The quantitative estimate of drug-likeness (QED) is 0.731. The van der Waals surface area contributed by atoms with E-state index in [1.807, 2.05) is 6.07 Å². The largest absolute Gasteiger partial charge is 0.454 e. The molecule has 2 aromatic carbocycles. The minimum atomic E-state index is -1.06. The van der Waals surface area contributed by atoms with Crippen molar-refractivity contribution in [2.24, 2.45) is 0 Å². The van der Waals surface area contributed by atoms with Gasteiger partial charge in [-0.3, -0.25) is 4.79 Å². The van der Waals surface area contributed by atoms with Gasteiger partial charge in [-0.15, -0.1) is 0 Å². The van der Waals surface area contributed by atoms with E-state index in [1.165, 1.54) is 12.1 Å². The molecule has 0 unspecified atom stereocenters. The lowest BCUT2D eigenvalue weighted by atomic mass is 10.1. The molecule has 146 valence electrons. The maximum absolute atomic E-state index is 13.0. The van der Waals surface area contributed by atoms with Gasteiger partial charge in [-0.2, -0.15) is 0 Å². The van der Waals surface area contributed by atoms with Crippen molar-refractivity contribution in [3.63, 3.8) is 0 Å². The van der Waals surface area contributed by atoms with Crippen molar-refractivity contribution in [1.82, 2.24) is 4.90 Å². The van der Waals surface area contributed by atoms with Crippen LogP contribution >= 0.6 is 11.6 Å². The Balaban J connectivity index is 1.59. The van der Waals surface area contributed by atoms with Crippen LogP contribution in [-0.4, -0.2) is 49.9 Å². The molecule has 0 radical (unpaired) electrons. The number of hydrogen-bond acceptors (Lipinski definition) is 6. The van der Waals surface area contributed by atoms with E-state index < -0.39 is 12.1 Å². The second kappa shape index (κ2) is 8.08. The van der Waals surface area contributed by atoms with E-state index in [-0.39, 0.29) is 23.3 Å². The number of carbonyl (C=O) groups is 2. The SMILES string of the molecule is O=C(O[C@@H](C(=O)N1CCOCC1)c1ccccc1)c1cc(Cl)c2c(c1)OCO2. The van der Waals surface area contributed by atoms with Crippen LogP contribution in [0, 0.1) is 0 Å². The Morgan fingerprint density at radius 1 is 1.07 bits per heavy atom. The summed E-state index contributed by atoms with van der Waals surface area (Å²) in [6.45, 7) is 1.86. The predicted molar refractivity (Wildman–Crippen MR) is 99.6 cm³/mol. The molecule has 0 bridgehead atoms. The van der Waals surface area contributed by atoms with E-state index in [4.69, 9.17) is 30.5 Å². The standard InChI is InChI=1S/C20H18ClNO6/c21-15-10-14(11-16-18(15)27-12-26-16)20(24)28-17(13-4-2-1-3-5-13)19(23)22-6-8-25-9-7-22/h1-5,10-11,17H,6-9,12H2/t17-/m1/s1. The molecule has 0 spiro atoms. The van der Waals surface area contributed by atoms with Crippen molar-refractivity contribution in [2.45, 2.75) is 6.10 Å². The molecule has 0 aromatic heterocycles. The maximum atomic E-state index is 13.0. The van der Waals surface area contributed by atoms with Crippen molar-refractivity contribution < 1.29 is 28.5 Å².